The van der Waals surface area contributed by atoms with Crippen LogP contribution in [0.15, 0.2) is 24.4 Å². The number of nitrogens with one attached hydrogen (secondary N) is 3. The van der Waals surface area contributed by atoms with Crippen molar-refractivity contribution in [2.75, 3.05) is 18.5 Å². The molecule has 2 heterocycles. The van der Waals surface area contributed by atoms with Crippen molar-refractivity contribution >= 4 is 46.0 Å². The number of carbonyl (C=O) groups excluding carboxylic acids is 1. The van der Waals surface area contributed by atoms with E-state index in [9.17, 15) is 4.79 Å². The quantitative estimate of drug-likeness (QED) is 0.269. The summed E-state index contributed by atoms with van der Waals surface area (Å²) in [5.74, 6) is 0.712. The molecule has 3 aromatic rings. The molecule has 0 radical (unpaired) electrons. The van der Waals surface area contributed by atoms with Crippen molar-refractivity contribution in [2.45, 2.75) is 45.3 Å². The molecule has 1 aliphatic rings. The summed E-state index contributed by atoms with van der Waals surface area (Å²) >= 11 is 12.3. The summed E-state index contributed by atoms with van der Waals surface area (Å²) in [5.41, 5.74) is 3.08. The Morgan fingerprint density at radius 3 is 2.78 bits per heavy atom. The van der Waals surface area contributed by atoms with Gasteiger partial charge in [0.25, 0.3) is 0 Å². The van der Waals surface area contributed by atoms with E-state index in [-0.39, 0.29) is 29.6 Å². The first-order chi connectivity index (χ1) is 15.2. The minimum Gasteiger partial charge on any atom is -0.485 e. The third-order valence-electron chi connectivity index (χ3n) is 4.96. The van der Waals surface area contributed by atoms with Crippen LogP contribution in [0.25, 0.3) is 10.9 Å². The number of aromatic amines is 1. The third kappa shape index (κ3) is 5.19. The molecule has 0 fully saturated rings. The lowest BCUT2D eigenvalue weighted by Gasteiger charge is -2.25. The van der Waals surface area contributed by atoms with E-state index in [4.69, 9.17) is 32.7 Å². The Labute approximate surface area is 196 Å². The molecule has 2 aromatic heterocycles. The predicted molar refractivity (Wildman–Crippen MR) is 125 cm³/mol. The molecule has 8 nitrogen and oxygen atoms in total. The molecule has 0 bridgehead atoms. The normalized spacial score (nSPS) is 15.5. The first kappa shape index (κ1) is 22.5. The monoisotopic (exact) mass is 477 g/mol. The van der Waals surface area contributed by atoms with Crippen molar-refractivity contribution in [3.05, 3.63) is 46.0 Å². The molecular weight excluding hydrogens is 453 g/mol. The molecule has 1 aliphatic carbocycles. The number of carbonyl (C=O) groups is 1. The van der Waals surface area contributed by atoms with Crippen molar-refractivity contribution in [1.29, 1.82) is 0 Å². The number of aromatic nitrogens is 3. The Hall–Kier alpha value is -2.71. The standard InChI is InChI=1S/C22H25Cl2N5O3/c1-22(2,3)32-21(30)25-7-8-31-17-18(23)28-20(24)29-19(17)27-14-9-12-5-4-6-15-16(12)13(10-14)11-26-15/h4-6,11,14,26H,7-10H2,1-3H3,(H,25,30)(H,27,28,29). The maximum absolute atomic E-state index is 11.8. The van der Waals surface area contributed by atoms with E-state index in [0.717, 1.165) is 18.4 Å². The minimum absolute atomic E-state index is 0.0250. The van der Waals surface area contributed by atoms with E-state index in [1.54, 1.807) is 20.8 Å². The Kier molecular flexibility index (Phi) is 6.35. The van der Waals surface area contributed by atoms with Crippen LogP contribution < -0.4 is 15.4 Å². The molecule has 0 spiro atoms. The van der Waals surface area contributed by atoms with Crippen molar-refractivity contribution in [3.8, 4) is 5.75 Å². The van der Waals surface area contributed by atoms with Gasteiger partial charge in [0.05, 0.1) is 6.54 Å². The van der Waals surface area contributed by atoms with Crippen LogP contribution in [0.1, 0.15) is 31.9 Å². The van der Waals surface area contributed by atoms with Crippen molar-refractivity contribution in [3.63, 3.8) is 0 Å². The number of H-pyrrole nitrogens is 1. The molecule has 1 aromatic carbocycles. The van der Waals surface area contributed by atoms with E-state index in [2.05, 4.69) is 37.7 Å². The van der Waals surface area contributed by atoms with Gasteiger partial charge in [0.2, 0.25) is 5.28 Å². The highest BCUT2D eigenvalue weighted by atomic mass is 35.5. The van der Waals surface area contributed by atoms with Crippen molar-refractivity contribution in [2.24, 2.45) is 0 Å². The maximum Gasteiger partial charge on any atom is 0.407 e. The molecule has 4 rings (SSSR count). The van der Waals surface area contributed by atoms with Gasteiger partial charge in [-0.25, -0.2) is 9.78 Å². The van der Waals surface area contributed by atoms with Crippen LogP contribution in [0, 0.1) is 0 Å². The SMILES string of the molecule is CC(C)(C)OC(=O)NCCOc1c(Cl)nc(Cl)nc1NC1Cc2cccc3[nH]cc(c23)C1. The first-order valence-corrected chi connectivity index (χ1v) is 11.1. The zero-order chi connectivity index (χ0) is 22.9. The van der Waals surface area contributed by atoms with Gasteiger partial charge in [0.15, 0.2) is 16.7 Å². The lowest BCUT2D eigenvalue weighted by Crippen LogP contribution is -2.34. The molecular formula is C22H25Cl2N5O3. The molecule has 1 unspecified atom stereocenters. The summed E-state index contributed by atoms with van der Waals surface area (Å²) < 4.78 is 11.0. The highest BCUT2D eigenvalue weighted by Gasteiger charge is 2.24. The second-order valence-electron chi connectivity index (χ2n) is 8.64. The molecule has 10 heteroatoms. The third-order valence-corrected chi connectivity index (χ3v) is 5.39. The number of alkyl carbamates (subject to hydrolysis) is 1. The molecule has 170 valence electrons. The van der Waals surface area contributed by atoms with Gasteiger partial charge in [0.1, 0.15) is 12.2 Å². The molecule has 1 atom stereocenters. The van der Waals surface area contributed by atoms with Gasteiger partial charge in [-0.1, -0.05) is 23.7 Å². The van der Waals surface area contributed by atoms with Gasteiger partial charge in [-0.3, -0.25) is 0 Å². The van der Waals surface area contributed by atoms with Crippen LogP contribution in [-0.4, -0.2) is 45.8 Å². The fraction of sp³-hybridized carbons (Fsp3) is 0.409. The van der Waals surface area contributed by atoms with E-state index in [1.165, 1.54) is 16.5 Å². The number of ether oxygens (including phenoxy) is 2. The number of nitrogens with zero attached hydrogens (tertiary/aromatic N) is 2. The van der Waals surface area contributed by atoms with Crippen LogP contribution in [0.3, 0.4) is 0 Å². The predicted octanol–water partition coefficient (Wildman–Crippen LogP) is 4.75. The summed E-state index contributed by atoms with van der Waals surface area (Å²) in [7, 11) is 0. The van der Waals surface area contributed by atoms with Gasteiger partial charge < -0.3 is 25.1 Å². The molecule has 1 amide bonds. The molecule has 0 saturated carbocycles. The maximum atomic E-state index is 11.8. The Morgan fingerprint density at radius 1 is 1.22 bits per heavy atom. The highest BCUT2D eigenvalue weighted by Crippen LogP contribution is 2.35. The van der Waals surface area contributed by atoms with Crippen molar-refractivity contribution < 1.29 is 14.3 Å². The summed E-state index contributed by atoms with van der Waals surface area (Å²) in [6.07, 6.45) is 3.16. The fourth-order valence-corrected chi connectivity index (χ4v) is 4.25. The van der Waals surface area contributed by atoms with Gasteiger partial charge in [-0.15, -0.1) is 0 Å². The van der Waals surface area contributed by atoms with E-state index in [1.807, 2.05) is 12.3 Å². The highest BCUT2D eigenvalue weighted by molar-refractivity contribution is 6.33. The lowest BCUT2D eigenvalue weighted by atomic mass is 9.89. The van der Waals surface area contributed by atoms with Crippen LogP contribution in [-0.2, 0) is 17.6 Å². The first-order valence-electron chi connectivity index (χ1n) is 10.4. The summed E-state index contributed by atoms with van der Waals surface area (Å²) in [4.78, 5) is 23.4. The van der Waals surface area contributed by atoms with Crippen LogP contribution >= 0.6 is 23.2 Å². The summed E-state index contributed by atoms with van der Waals surface area (Å²) in [6.45, 7) is 5.78. The number of hydrogen-bond acceptors (Lipinski definition) is 6. The summed E-state index contributed by atoms with van der Waals surface area (Å²) in [5, 5.41) is 7.47. The zero-order valence-electron chi connectivity index (χ0n) is 18.1. The number of amides is 1. The molecule has 0 saturated heterocycles. The Bertz CT molecular complexity index is 1140. The van der Waals surface area contributed by atoms with E-state index in [0.29, 0.717) is 11.6 Å². The molecule has 3 N–H and O–H groups in total. The van der Waals surface area contributed by atoms with Gasteiger partial charge in [-0.2, -0.15) is 4.98 Å². The number of hydrogen-bond donors (Lipinski definition) is 3. The Balaban J connectivity index is 1.43. The average Bonchev–Trinajstić information content (AvgIpc) is 3.10. The lowest BCUT2D eigenvalue weighted by molar-refractivity contribution is 0.0520. The van der Waals surface area contributed by atoms with E-state index < -0.39 is 11.7 Å². The van der Waals surface area contributed by atoms with Gasteiger partial charge in [-0.05, 0) is 62.4 Å². The molecule has 32 heavy (non-hydrogen) atoms. The second kappa shape index (κ2) is 9.03. The second-order valence-corrected chi connectivity index (χ2v) is 9.34. The number of anilines is 1. The van der Waals surface area contributed by atoms with Crippen molar-refractivity contribution in [1.82, 2.24) is 20.3 Å². The number of rotatable bonds is 6. The van der Waals surface area contributed by atoms with Crippen LogP contribution in [0.4, 0.5) is 10.6 Å². The smallest absolute Gasteiger partial charge is 0.407 e. The average molecular weight is 478 g/mol. The molecule has 0 aliphatic heterocycles. The minimum atomic E-state index is -0.570. The topological polar surface area (TPSA) is 101 Å². The zero-order valence-corrected chi connectivity index (χ0v) is 19.6. The van der Waals surface area contributed by atoms with Crippen LogP contribution in [0.2, 0.25) is 10.4 Å². The largest absolute Gasteiger partial charge is 0.485 e. The van der Waals surface area contributed by atoms with Crippen LogP contribution in [0.5, 0.6) is 5.75 Å². The fourth-order valence-electron chi connectivity index (χ4n) is 3.81. The number of benzene rings is 1. The van der Waals surface area contributed by atoms with E-state index >= 15 is 0 Å². The van der Waals surface area contributed by atoms with Gasteiger partial charge >= 0.3 is 6.09 Å². The Morgan fingerprint density at radius 2 is 2.00 bits per heavy atom. The summed E-state index contributed by atoms with van der Waals surface area (Å²) in [6, 6.07) is 6.34. The van der Waals surface area contributed by atoms with Gasteiger partial charge in [0, 0.05) is 23.1 Å². The number of halogens is 2.